The third kappa shape index (κ3) is 6.22. The molecule has 3 aromatic carbocycles. The van der Waals surface area contributed by atoms with Gasteiger partial charge in [-0.05, 0) is 68.1 Å². The number of hydrogen-bond donors (Lipinski definition) is 2. The van der Waals surface area contributed by atoms with Gasteiger partial charge in [0.2, 0.25) is 11.8 Å². The minimum absolute atomic E-state index is 0.127. The Bertz CT molecular complexity index is 1550. The Morgan fingerprint density at radius 2 is 1.51 bits per heavy atom. The van der Waals surface area contributed by atoms with Gasteiger partial charge >= 0.3 is 5.69 Å². The summed E-state index contributed by atoms with van der Waals surface area (Å²) in [6.07, 6.45) is 1.23. The molecular formula is C29H30N4O4. The van der Waals surface area contributed by atoms with E-state index in [0.717, 1.165) is 21.4 Å². The van der Waals surface area contributed by atoms with Crippen molar-refractivity contribution in [3.63, 3.8) is 0 Å². The largest absolute Gasteiger partial charge is 0.331 e. The fraction of sp³-hybridized carbons (Fsp3) is 0.241. The van der Waals surface area contributed by atoms with Crippen molar-refractivity contribution in [1.82, 2.24) is 9.13 Å². The lowest BCUT2D eigenvalue weighted by molar-refractivity contribution is -0.117. The van der Waals surface area contributed by atoms with Crippen LogP contribution in [0.2, 0.25) is 0 Å². The van der Waals surface area contributed by atoms with Gasteiger partial charge in [-0.2, -0.15) is 0 Å². The van der Waals surface area contributed by atoms with Crippen molar-refractivity contribution >= 4 is 34.1 Å². The van der Waals surface area contributed by atoms with Crippen LogP contribution in [0.3, 0.4) is 0 Å². The van der Waals surface area contributed by atoms with E-state index in [1.807, 2.05) is 62.4 Å². The lowest BCUT2D eigenvalue weighted by Crippen LogP contribution is -2.41. The molecule has 37 heavy (non-hydrogen) atoms. The van der Waals surface area contributed by atoms with Crippen LogP contribution >= 0.6 is 0 Å². The van der Waals surface area contributed by atoms with E-state index in [0.29, 0.717) is 29.4 Å². The molecule has 0 fully saturated rings. The Kier molecular flexibility index (Phi) is 7.98. The summed E-state index contributed by atoms with van der Waals surface area (Å²) < 4.78 is 2.49. The molecule has 4 aromatic rings. The second-order valence-electron chi connectivity index (χ2n) is 9.08. The number of unbranched alkanes of at least 4 members (excludes halogenated alkanes) is 1. The highest BCUT2D eigenvalue weighted by Gasteiger charge is 2.16. The molecule has 0 radical (unpaired) electrons. The molecule has 8 heteroatoms. The Balaban J connectivity index is 1.50. The number of nitrogens with zero attached hydrogens (tertiary/aromatic N) is 2. The topological polar surface area (TPSA) is 102 Å². The highest BCUT2D eigenvalue weighted by atomic mass is 16.2. The summed E-state index contributed by atoms with van der Waals surface area (Å²) in [5, 5.41) is 6.07. The van der Waals surface area contributed by atoms with Crippen LogP contribution in [0.1, 0.15) is 30.4 Å². The van der Waals surface area contributed by atoms with Crippen molar-refractivity contribution in [2.75, 3.05) is 10.6 Å². The molecule has 0 aliphatic heterocycles. The first-order valence-corrected chi connectivity index (χ1v) is 12.3. The molecule has 0 saturated carbocycles. The fourth-order valence-corrected chi connectivity index (χ4v) is 4.23. The predicted octanol–water partition coefficient (Wildman–Crippen LogP) is 4.23. The summed E-state index contributed by atoms with van der Waals surface area (Å²) in [6.45, 7) is 3.76. The van der Waals surface area contributed by atoms with Crippen molar-refractivity contribution in [2.45, 2.75) is 46.2 Å². The molecule has 1 heterocycles. The van der Waals surface area contributed by atoms with Crippen molar-refractivity contribution < 1.29 is 9.59 Å². The van der Waals surface area contributed by atoms with Gasteiger partial charge in [-0.3, -0.25) is 23.5 Å². The van der Waals surface area contributed by atoms with E-state index in [-0.39, 0.29) is 31.3 Å². The lowest BCUT2D eigenvalue weighted by Gasteiger charge is -2.15. The molecule has 0 aliphatic rings. The molecule has 2 N–H and O–H groups in total. The van der Waals surface area contributed by atoms with Crippen molar-refractivity contribution in [1.29, 1.82) is 0 Å². The number of fused-ring (bicyclic) bond motifs is 1. The maximum Gasteiger partial charge on any atom is 0.331 e. The van der Waals surface area contributed by atoms with Gasteiger partial charge in [0.15, 0.2) is 0 Å². The van der Waals surface area contributed by atoms with Crippen LogP contribution < -0.4 is 21.9 Å². The molecule has 0 unspecified atom stereocenters. The second kappa shape index (κ2) is 11.5. The van der Waals surface area contributed by atoms with Crippen LogP contribution in [-0.4, -0.2) is 20.9 Å². The zero-order chi connectivity index (χ0) is 26.4. The summed E-state index contributed by atoms with van der Waals surface area (Å²) in [7, 11) is 0. The highest BCUT2D eigenvalue weighted by Crippen LogP contribution is 2.17. The number of hydrogen-bond acceptors (Lipinski definition) is 4. The van der Waals surface area contributed by atoms with Crippen molar-refractivity contribution in [2.24, 2.45) is 0 Å². The molecule has 0 saturated heterocycles. The fourth-order valence-electron chi connectivity index (χ4n) is 4.23. The zero-order valence-corrected chi connectivity index (χ0v) is 21.0. The highest BCUT2D eigenvalue weighted by molar-refractivity contribution is 5.92. The van der Waals surface area contributed by atoms with Crippen LogP contribution in [0.15, 0.2) is 82.4 Å². The van der Waals surface area contributed by atoms with Crippen LogP contribution in [0.4, 0.5) is 11.4 Å². The number of aromatic nitrogens is 2. The van der Waals surface area contributed by atoms with Crippen LogP contribution in [0.25, 0.3) is 10.9 Å². The number of carbonyl (C=O) groups is 2. The van der Waals surface area contributed by atoms with E-state index in [9.17, 15) is 19.2 Å². The van der Waals surface area contributed by atoms with Crippen LogP contribution in [0, 0.1) is 13.8 Å². The van der Waals surface area contributed by atoms with Crippen LogP contribution in [-0.2, 0) is 22.7 Å². The van der Waals surface area contributed by atoms with Gasteiger partial charge in [0.05, 0.1) is 10.9 Å². The molecular weight excluding hydrogens is 468 g/mol. The molecule has 1 aromatic heterocycles. The van der Waals surface area contributed by atoms with Crippen LogP contribution in [0.5, 0.6) is 0 Å². The van der Waals surface area contributed by atoms with Gasteiger partial charge in [-0.15, -0.1) is 0 Å². The first-order valence-electron chi connectivity index (χ1n) is 12.3. The smallest absolute Gasteiger partial charge is 0.326 e. The summed E-state index contributed by atoms with van der Waals surface area (Å²) in [6, 6.07) is 21.7. The van der Waals surface area contributed by atoms with E-state index in [2.05, 4.69) is 10.6 Å². The monoisotopic (exact) mass is 498 g/mol. The second-order valence-corrected chi connectivity index (χ2v) is 9.08. The van der Waals surface area contributed by atoms with Gasteiger partial charge in [0.25, 0.3) is 5.56 Å². The SMILES string of the molecule is Cc1ccc(C)c(NC(=O)Cn2c(=O)n(CCCCC(=O)Nc3ccccc3)c(=O)c3ccccc32)c1. The van der Waals surface area contributed by atoms with E-state index in [1.165, 1.54) is 4.57 Å². The van der Waals surface area contributed by atoms with Gasteiger partial charge in [0.1, 0.15) is 6.54 Å². The molecule has 0 bridgehead atoms. The minimum Gasteiger partial charge on any atom is -0.326 e. The van der Waals surface area contributed by atoms with E-state index in [1.54, 1.807) is 24.3 Å². The average Bonchev–Trinajstić information content (AvgIpc) is 2.89. The van der Waals surface area contributed by atoms with E-state index < -0.39 is 11.2 Å². The number of para-hydroxylation sites is 2. The average molecular weight is 499 g/mol. The molecule has 0 atom stereocenters. The summed E-state index contributed by atoms with van der Waals surface area (Å²) in [4.78, 5) is 51.6. The Morgan fingerprint density at radius 3 is 2.30 bits per heavy atom. The standard InChI is InChI=1S/C29H30N4O4/c1-20-15-16-21(2)24(18-20)31-27(35)19-33-25-13-7-6-12-23(25)28(36)32(29(33)37)17-9-8-14-26(34)30-22-10-4-3-5-11-22/h3-7,10-13,15-16,18H,8-9,14,17,19H2,1-2H3,(H,30,34)(H,31,35). The Hall–Kier alpha value is -4.46. The number of benzene rings is 3. The lowest BCUT2D eigenvalue weighted by atomic mass is 10.1. The quantitative estimate of drug-likeness (QED) is 0.337. The number of anilines is 2. The summed E-state index contributed by atoms with van der Waals surface area (Å²) in [5.41, 5.74) is 2.79. The zero-order valence-electron chi connectivity index (χ0n) is 21.0. The Morgan fingerprint density at radius 1 is 0.784 bits per heavy atom. The number of aryl methyl sites for hydroxylation is 2. The molecule has 190 valence electrons. The van der Waals surface area contributed by atoms with E-state index in [4.69, 9.17) is 0 Å². The molecule has 0 spiro atoms. The van der Waals surface area contributed by atoms with Gasteiger partial charge < -0.3 is 10.6 Å². The van der Waals surface area contributed by atoms with Gasteiger partial charge in [0, 0.05) is 24.3 Å². The predicted molar refractivity (Wildman–Crippen MR) is 146 cm³/mol. The summed E-state index contributed by atoms with van der Waals surface area (Å²) in [5.74, 6) is -0.485. The van der Waals surface area contributed by atoms with Gasteiger partial charge in [-0.1, -0.05) is 42.5 Å². The maximum absolute atomic E-state index is 13.3. The van der Waals surface area contributed by atoms with E-state index >= 15 is 0 Å². The third-order valence-corrected chi connectivity index (χ3v) is 6.19. The number of nitrogens with one attached hydrogen (secondary N) is 2. The normalized spacial score (nSPS) is 10.9. The number of carbonyl (C=O) groups excluding carboxylic acids is 2. The van der Waals surface area contributed by atoms with Gasteiger partial charge in [-0.25, -0.2) is 4.79 Å². The molecule has 0 aliphatic carbocycles. The molecule has 8 nitrogen and oxygen atoms in total. The minimum atomic E-state index is -0.548. The first-order chi connectivity index (χ1) is 17.8. The van der Waals surface area contributed by atoms with Crippen molar-refractivity contribution in [3.8, 4) is 0 Å². The maximum atomic E-state index is 13.3. The Labute approximate surface area is 214 Å². The first kappa shape index (κ1) is 25.6. The van der Waals surface area contributed by atoms with Crippen molar-refractivity contribution in [3.05, 3.63) is 105 Å². The summed E-state index contributed by atoms with van der Waals surface area (Å²) >= 11 is 0. The molecule has 4 rings (SSSR count). The number of amides is 2. The third-order valence-electron chi connectivity index (χ3n) is 6.19. The molecule has 2 amide bonds. The number of rotatable bonds is 9.